The molecule has 0 aromatic heterocycles. The monoisotopic (exact) mass is 491 g/mol. The fraction of sp³-hybridized carbons (Fsp3) is 0.345. The molecule has 6 heteroatoms. The van der Waals surface area contributed by atoms with E-state index in [4.69, 9.17) is 16.3 Å². The first-order valence-electron chi connectivity index (χ1n) is 12.2. The average Bonchev–Trinajstić information content (AvgIpc) is 3.14. The van der Waals surface area contributed by atoms with E-state index in [1.54, 1.807) is 7.11 Å². The second-order valence-electron chi connectivity index (χ2n) is 8.95. The maximum atomic E-state index is 14.5. The van der Waals surface area contributed by atoms with Crippen LogP contribution in [0, 0.1) is 0 Å². The van der Waals surface area contributed by atoms with Crippen molar-refractivity contribution in [2.24, 2.45) is 0 Å². The second kappa shape index (κ2) is 10.8. The van der Waals surface area contributed by atoms with E-state index in [9.17, 15) is 4.79 Å². The molecular formula is C29H34ClN3O2. The van der Waals surface area contributed by atoms with Crippen molar-refractivity contribution < 1.29 is 9.53 Å². The minimum atomic E-state index is -0.757. The van der Waals surface area contributed by atoms with Crippen LogP contribution in [0.25, 0.3) is 0 Å². The van der Waals surface area contributed by atoms with Crippen molar-refractivity contribution in [1.29, 1.82) is 0 Å². The number of halogens is 1. The van der Waals surface area contributed by atoms with E-state index in [1.165, 1.54) is 0 Å². The maximum absolute atomic E-state index is 14.5. The Hall–Kier alpha value is -2.86. The first-order chi connectivity index (χ1) is 17.0. The predicted molar refractivity (Wildman–Crippen MR) is 143 cm³/mol. The molecule has 3 aromatic rings. The summed E-state index contributed by atoms with van der Waals surface area (Å²) in [7, 11) is 3.59. The lowest BCUT2D eigenvalue weighted by atomic mass is 9.72. The van der Waals surface area contributed by atoms with Gasteiger partial charge < -0.3 is 9.64 Å². The van der Waals surface area contributed by atoms with Crippen molar-refractivity contribution in [3.63, 3.8) is 0 Å². The number of carbonyl (C=O) groups is 1. The summed E-state index contributed by atoms with van der Waals surface area (Å²) in [6.45, 7) is 7.56. The molecule has 0 fully saturated rings. The highest BCUT2D eigenvalue weighted by Gasteiger charge is 2.53. The highest BCUT2D eigenvalue weighted by molar-refractivity contribution is 6.30. The van der Waals surface area contributed by atoms with Crippen LogP contribution in [-0.2, 0) is 16.8 Å². The van der Waals surface area contributed by atoms with Gasteiger partial charge >= 0.3 is 0 Å². The fourth-order valence-electron chi connectivity index (χ4n) is 5.20. The van der Waals surface area contributed by atoms with Gasteiger partial charge in [-0.1, -0.05) is 74.0 Å². The first-order valence-corrected chi connectivity index (χ1v) is 12.6. The van der Waals surface area contributed by atoms with E-state index in [-0.39, 0.29) is 5.91 Å². The van der Waals surface area contributed by atoms with E-state index < -0.39 is 5.41 Å². The number of hydrogen-bond acceptors (Lipinski definition) is 4. The summed E-state index contributed by atoms with van der Waals surface area (Å²) < 4.78 is 5.57. The Bertz CT molecular complexity index is 1170. The van der Waals surface area contributed by atoms with Gasteiger partial charge in [-0.3, -0.25) is 4.79 Å². The zero-order valence-corrected chi connectivity index (χ0v) is 21.8. The molecule has 0 saturated heterocycles. The van der Waals surface area contributed by atoms with Gasteiger partial charge in [-0.25, -0.2) is 10.0 Å². The number of hydrogen-bond donors (Lipinski definition) is 0. The van der Waals surface area contributed by atoms with Gasteiger partial charge in [0.15, 0.2) is 0 Å². The number of ether oxygens (including phenoxy) is 1. The summed E-state index contributed by atoms with van der Waals surface area (Å²) in [5.74, 6) is 0.817. The lowest BCUT2D eigenvalue weighted by Gasteiger charge is -2.34. The highest BCUT2D eigenvalue weighted by atomic mass is 35.5. The zero-order valence-electron chi connectivity index (χ0n) is 21.0. The molecule has 5 nitrogen and oxygen atoms in total. The number of benzene rings is 3. The van der Waals surface area contributed by atoms with Gasteiger partial charge in [0.05, 0.1) is 12.8 Å². The van der Waals surface area contributed by atoms with Crippen molar-refractivity contribution in [3.8, 4) is 5.75 Å². The van der Waals surface area contributed by atoms with E-state index >= 15 is 0 Å². The second-order valence-corrected chi connectivity index (χ2v) is 9.39. The van der Waals surface area contributed by atoms with Gasteiger partial charge in [0.25, 0.3) is 5.91 Å². The topological polar surface area (TPSA) is 36.0 Å². The third-order valence-corrected chi connectivity index (χ3v) is 7.33. The Morgan fingerprint density at radius 2 is 1.66 bits per heavy atom. The number of fused-ring (bicyclic) bond motifs is 1. The number of para-hydroxylation sites is 1. The quantitative estimate of drug-likeness (QED) is 0.361. The third kappa shape index (κ3) is 4.68. The lowest BCUT2D eigenvalue weighted by Crippen LogP contribution is -2.49. The van der Waals surface area contributed by atoms with Crippen LogP contribution in [0.15, 0.2) is 72.8 Å². The Kier molecular flexibility index (Phi) is 7.80. The van der Waals surface area contributed by atoms with Crippen molar-refractivity contribution in [2.45, 2.75) is 32.2 Å². The molecule has 0 spiro atoms. The smallest absolute Gasteiger partial charge is 0.256 e. The van der Waals surface area contributed by atoms with Crippen LogP contribution in [0.5, 0.6) is 5.75 Å². The van der Waals surface area contributed by atoms with E-state index in [0.717, 1.165) is 47.8 Å². The summed E-state index contributed by atoms with van der Waals surface area (Å²) in [6.07, 6.45) is 0.708. The molecule has 0 unspecified atom stereocenters. The number of hydrazine groups is 1. The third-order valence-electron chi connectivity index (χ3n) is 7.10. The molecule has 3 aromatic carbocycles. The van der Waals surface area contributed by atoms with Crippen LogP contribution < -0.4 is 9.75 Å². The summed E-state index contributed by atoms with van der Waals surface area (Å²) in [5.41, 5.74) is 3.17. The van der Waals surface area contributed by atoms with Crippen LogP contribution in [0.1, 0.15) is 37.0 Å². The van der Waals surface area contributed by atoms with E-state index in [2.05, 4.69) is 36.9 Å². The number of methoxy groups -OCH3 is 1. The molecule has 1 amide bonds. The largest absolute Gasteiger partial charge is 0.496 e. The summed E-state index contributed by atoms with van der Waals surface area (Å²) in [6, 6.07) is 24.0. The van der Waals surface area contributed by atoms with Crippen molar-refractivity contribution >= 4 is 23.2 Å². The molecule has 0 radical (unpaired) electrons. The highest BCUT2D eigenvalue weighted by Crippen LogP contribution is 2.49. The molecule has 35 heavy (non-hydrogen) atoms. The molecule has 1 aliphatic heterocycles. The molecule has 0 aliphatic carbocycles. The van der Waals surface area contributed by atoms with Crippen LogP contribution in [-0.4, -0.2) is 49.6 Å². The predicted octanol–water partition coefficient (Wildman–Crippen LogP) is 5.76. The van der Waals surface area contributed by atoms with Gasteiger partial charge in [-0.15, -0.1) is 0 Å². The minimum Gasteiger partial charge on any atom is -0.496 e. The Morgan fingerprint density at radius 3 is 2.34 bits per heavy atom. The molecular weight excluding hydrogens is 458 g/mol. The summed E-state index contributed by atoms with van der Waals surface area (Å²) in [4.78, 5) is 16.9. The summed E-state index contributed by atoms with van der Waals surface area (Å²) >= 11 is 6.29. The average molecular weight is 492 g/mol. The maximum Gasteiger partial charge on any atom is 0.256 e. The Morgan fingerprint density at radius 1 is 0.971 bits per heavy atom. The SMILES string of the molecule is CCN(CC)CC[C@@]1(c2ccccc2)C(=O)N(N(C)Cc2cc(Cl)ccc2OC)c2ccccc21. The molecule has 0 N–H and O–H groups in total. The molecule has 1 heterocycles. The molecule has 4 rings (SSSR count). The Labute approximate surface area is 213 Å². The van der Waals surface area contributed by atoms with Gasteiger partial charge in [0.1, 0.15) is 11.2 Å². The first kappa shape index (κ1) is 25.2. The van der Waals surface area contributed by atoms with E-state index in [0.29, 0.717) is 18.0 Å². The minimum absolute atomic E-state index is 0.0700. The number of amides is 1. The van der Waals surface area contributed by atoms with Crippen molar-refractivity contribution in [1.82, 2.24) is 9.91 Å². The zero-order chi connectivity index (χ0) is 25.0. The molecule has 0 saturated carbocycles. The molecule has 1 aliphatic rings. The lowest BCUT2D eigenvalue weighted by molar-refractivity contribution is -0.125. The van der Waals surface area contributed by atoms with Gasteiger partial charge in [0, 0.05) is 24.2 Å². The van der Waals surface area contributed by atoms with E-state index in [1.807, 2.05) is 71.7 Å². The van der Waals surface area contributed by atoms with Gasteiger partial charge in [-0.2, -0.15) is 0 Å². The number of anilines is 1. The number of nitrogens with zero attached hydrogens (tertiary/aromatic N) is 3. The Balaban J connectivity index is 1.79. The van der Waals surface area contributed by atoms with Crippen molar-refractivity contribution in [3.05, 3.63) is 94.5 Å². The van der Waals surface area contributed by atoms with Crippen LogP contribution in [0.4, 0.5) is 5.69 Å². The normalized spacial score (nSPS) is 17.3. The number of carbonyl (C=O) groups excluding carboxylic acids is 1. The molecule has 184 valence electrons. The van der Waals surface area contributed by atoms with Crippen LogP contribution in [0.2, 0.25) is 5.02 Å². The van der Waals surface area contributed by atoms with Crippen LogP contribution >= 0.6 is 11.6 Å². The van der Waals surface area contributed by atoms with Crippen LogP contribution in [0.3, 0.4) is 0 Å². The standard InChI is InChI=1S/C29H34ClN3O2/c1-5-32(6-2)19-18-29(23-12-8-7-9-13-23)25-14-10-11-15-26(25)33(28(29)34)31(3)21-22-20-24(30)16-17-27(22)35-4/h7-17,20H,5-6,18-19,21H2,1-4H3/t29-/m0/s1. The molecule has 0 bridgehead atoms. The van der Waals surface area contributed by atoms with Crippen molar-refractivity contribution in [2.75, 3.05) is 38.8 Å². The fourth-order valence-corrected chi connectivity index (χ4v) is 5.40. The number of rotatable bonds is 10. The van der Waals surface area contributed by atoms with Gasteiger partial charge in [0.2, 0.25) is 0 Å². The summed E-state index contributed by atoms with van der Waals surface area (Å²) in [5, 5.41) is 4.45. The van der Waals surface area contributed by atoms with Gasteiger partial charge in [-0.05, 0) is 61.4 Å². The molecule has 1 atom stereocenters.